The fourth-order valence-electron chi connectivity index (χ4n) is 3.07. The summed E-state index contributed by atoms with van der Waals surface area (Å²) in [5.41, 5.74) is 7.82. The molecular formula is C16H19BrN6S. The van der Waals surface area contributed by atoms with Gasteiger partial charge in [-0.2, -0.15) is 9.61 Å². The third-order valence-corrected chi connectivity index (χ3v) is 5.63. The second-order valence-electron chi connectivity index (χ2n) is 6.57. The van der Waals surface area contributed by atoms with Crippen LogP contribution in [0.25, 0.3) is 15.5 Å². The summed E-state index contributed by atoms with van der Waals surface area (Å²) in [6.45, 7) is 4.49. The lowest BCUT2D eigenvalue weighted by Crippen LogP contribution is -2.32. The van der Waals surface area contributed by atoms with Gasteiger partial charge in [-0.1, -0.05) is 53.2 Å². The first-order valence-electron chi connectivity index (χ1n) is 8.09. The maximum Gasteiger partial charge on any atom is 0.235 e. The Hall–Kier alpha value is -1.35. The number of halogens is 1. The molecule has 1 aliphatic heterocycles. The molecule has 0 bridgehead atoms. The highest BCUT2D eigenvalue weighted by Crippen LogP contribution is 2.29. The van der Waals surface area contributed by atoms with Gasteiger partial charge in [-0.05, 0) is 30.9 Å². The van der Waals surface area contributed by atoms with Gasteiger partial charge in [0, 0.05) is 16.1 Å². The van der Waals surface area contributed by atoms with Crippen LogP contribution in [-0.2, 0) is 0 Å². The van der Waals surface area contributed by atoms with Crippen molar-refractivity contribution < 1.29 is 0 Å². The fraction of sp³-hybridized carbons (Fsp3) is 0.438. The molecule has 0 radical (unpaired) electrons. The maximum absolute atomic E-state index is 4.73. The molecule has 1 aliphatic rings. The highest BCUT2D eigenvalue weighted by molar-refractivity contribution is 9.10. The molecule has 2 N–H and O–H groups in total. The monoisotopic (exact) mass is 406 g/mol. The van der Waals surface area contributed by atoms with E-state index in [0.29, 0.717) is 12.0 Å². The highest BCUT2D eigenvalue weighted by atomic mass is 79.9. The molecule has 0 aliphatic carbocycles. The molecule has 126 valence electrons. The lowest BCUT2D eigenvalue weighted by Gasteiger charge is -2.11. The molecule has 2 atom stereocenters. The van der Waals surface area contributed by atoms with Gasteiger partial charge in [-0.15, -0.1) is 10.2 Å². The summed E-state index contributed by atoms with van der Waals surface area (Å²) < 4.78 is 2.94. The number of fused-ring (bicyclic) bond motifs is 1. The van der Waals surface area contributed by atoms with Crippen molar-refractivity contribution in [2.45, 2.75) is 38.8 Å². The molecule has 1 aromatic carbocycles. The van der Waals surface area contributed by atoms with Crippen LogP contribution in [0.5, 0.6) is 0 Å². The molecular weight excluding hydrogens is 388 g/mol. The van der Waals surface area contributed by atoms with Gasteiger partial charge in [0.25, 0.3) is 0 Å². The predicted molar refractivity (Wildman–Crippen MR) is 98.7 cm³/mol. The second-order valence-corrected chi connectivity index (χ2v) is 8.44. The zero-order chi connectivity index (χ0) is 16.7. The van der Waals surface area contributed by atoms with Crippen molar-refractivity contribution >= 4 is 32.2 Å². The molecule has 2 aromatic heterocycles. The van der Waals surface area contributed by atoms with E-state index in [2.05, 4.69) is 63.0 Å². The first-order valence-corrected chi connectivity index (χ1v) is 9.70. The normalized spacial score (nSPS) is 21.2. The Morgan fingerprint density at radius 3 is 2.79 bits per heavy atom. The standard InChI is InChI=1S/C16H19BrN6S/c1-9(2)7-12-8-13(19-18-12)14-20-21-16-23(14)22-15(24-16)10-3-5-11(17)6-4-10/h3-6,9,12-13,18-19H,7-8H2,1-2H3. The highest BCUT2D eigenvalue weighted by Gasteiger charge is 2.30. The average Bonchev–Trinajstić information content (AvgIpc) is 3.22. The predicted octanol–water partition coefficient (Wildman–Crippen LogP) is 3.57. The van der Waals surface area contributed by atoms with Gasteiger partial charge in [0.15, 0.2) is 5.82 Å². The largest absolute Gasteiger partial charge is 0.254 e. The van der Waals surface area contributed by atoms with Crippen LogP contribution in [0.4, 0.5) is 0 Å². The summed E-state index contributed by atoms with van der Waals surface area (Å²) in [5.74, 6) is 1.55. The van der Waals surface area contributed by atoms with E-state index in [-0.39, 0.29) is 6.04 Å². The third kappa shape index (κ3) is 3.11. The van der Waals surface area contributed by atoms with Gasteiger partial charge in [-0.3, -0.25) is 5.43 Å². The first-order chi connectivity index (χ1) is 11.6. The number of rotatable bonds is 4. The number of aromatic nitrogens is 4. The summed E-state index contributed by atoms with van der Waals surface area (Å²) in [4.78, 5) is 0.831. The summed E-state index contributed by atoms with van der Waals surface area (Å²) in [6.07, 6.45) is 2.15. The van der Waals surface area contributed by atoms with Crippen molar-refractivity contribution in [2.75, 3.05) is 0 Å². The van der Waals surface area contributed by atoms with Crippen LogP contribution in [0.1, 0.15) is 38.6 Å². The summed E-state index contributed by atoms with van der Waals surface area (Å²) in [5, 5.41) is 14.3. The molecule has 2 unspecified atom stereocenters. The van der Waals surface area contributed by atoms with E-state index in [1.54, 1.807) is 11.3 Å². The Morgan fingerprint density at radius 1 is 1.25 bits per heavy atom. The van der Waals surface area contributed by atoms with Gasteiger partial charge in [0.1, 0.15) is 5.01 Å². The molecule has 3 heterocycles. The van der Waals surface area contributed by atoms with Gasteiger partial charge >= 0.3 is 0 Å². The van der Waals surface area contributed by atoms with E-state index in [9.17, 15) is 0 Å². The summed E-state index contributed by atoms with van der Waals surface area (Å²) in [6, 6.07) is 8.78. The van der Waals surface area contributed by atoms with Crippen molar-refractivity contribution in [2.24, 2.45) is 5.92 Å². The molecule has 6 nitrogen and oxygen atoms in total. The van der Waals surface area contributed by atoms with Crippen molar-refractivity contribution in [1.82, 2.24) is 30.7 Å². The Balaban J connectivity index is 1.60. The van der Waals surface area contributed by atoms with Crippen LogP contribution >= 0.6 is 27.3 Å². The Morgan fingerprint density at radius 2 is 2.04 bits per heavy atom. The van der Waals surface area contributed by atoms with Crippen LogP contribution in [-0.4, -0.2) is 25.9 Å². The Bertz CT molecular complexity index is 840. The van der Waals surface area contributed by atoms with Gasteiger partial charge < -0.3 is 0 Å². The fourth-order valence-corrected chi connectivity index (χ4v) is 4.19. The van der Waals surface area contributed by atoms with Crippen molar-refractivity contribution in [1.29, 1.82) is 0 Å². The molecule has 8 heteroatoms. The smallest absolute Gasteiger partial charge is 0.235 e. The van der Waals surface area contributed by atoms with E-state index >= 15 is 0 Å². The number of hydrogen-bond donors (Lipinski definition) is 2. The van der Waals surface area contributed by atoms with E-state index < -0.39 is 0 Å². The number of nitrogens with zero attached hydrogens (tertiary/aromatic N) is 4. The molecule has 3 aromatic rings. The lowest BCUT2D eigenvalue weighted by atomic mass is 10.00. The van der Waals surface area contributed by atoms with Gasteiger partial charge in [0.05, 0.1) is 6.04 Å². The van der Waals surface area contributed by atoms with Crippen LogP contribution in [0.15, 0.2) is 28.7 Å². The molecule has 0 spiro atoms. The van der Waals surface area contributed by atoms with E-state index in [1.807, 2.05) is 16.6 Å². The number of hydrazine groups is 1. The van der Waals surface area contributed by atoms with Crippen LogP contribution in [0.3, 0.4) is 0 Å². The van der Waals surface area contributed by atoms with Crippen molar-refractivity contribution in [3.05, 3.63) is 34.6 Å². The van der Waals surface area contributed by atoms with Gasteiger partial charge in [-0.25, -0.2) is 5.43 Å². The maximum atomic E-state index is 4.73. The molecule has 24 heavy (non-hydrogen) atoms. The quantitative estimate of drug-likeness (QED) is 0.692. The first kappa shape index (κ1) is 16.1. The minimum absolute atomic E-state index is 0.142. The van der Waals surface area contributed by atoms with Crippen LogP contribution < -0.4 is 10.9 Å². The molecule has 0 amide bonds. The molecule has 1 saturated heterocycles. The summed E-state index contributed by atoms with van der Waals surface area (Å²) in [7, 11) is 0. The van der Waals surface area contributed by atoms with Crippen LogP contribution in [0.2, 0.25) is 0 Å². The van der Waals surface area contributed by atoms with E-state index in [1.165, 1.54) is 0 Å². The van der Waals surface area contributed by atoms with Crippen molar-refractivity contribution in [3.63, 3.8) is 0 Å². The SMILES string of the molecule is CC(C)CC1CC(c2nnc3sc(-c4ccc(Br)cc4)nn23)NN1. The minimum Gasteiger partial charge on any atom is -0.254 e. The second kappa shape index (κ2) is 6.51. The van der Waals surface area contributed by atoms with E-state index in [4.69, 9.17) is 5.10 Å². The minimum atomic E-state index is 0.142. The third-order valence-electron chi connectivity index (χ3n) is 4.16. The molecule has 0 saturated carbocycles. The van der Waals surface area contributed by atoms with Crippen molar-refractivity contribution in [3.8, 4) is 10.6 Å². The summed E-state index contributed by atoms with van der Waals surface area (Å²) >= 11 is 5.03. The number of hydrogen-bond acceptors (Lipinski definition) is 6. The zero-order valence-electron chi connectivity index (χ0n) is 13.5. The molecule has 1 fully saturated rings. The average molecular weight is 407 g/mol. The number of nitrogens with one attached hydrogen (secondary N) is 2. The number of benzene rings is 1. The zero-order valence-corrected chi connectivity index (χ0v) is 15.9. The topological polar surface area (TPSA) is 67.1 Å². The van der Waals surface area contributed by atoms with E-state index in [0.717, 1.165) is 38.7 Å². The Labute approximate surface area is 152 Å². The lowest BCUT2D eigenvalue weighted by molar-refractivity contribution is 0.446. The Kier molecular flexibility index (Phi) is 4.38. The van der Waals surface area contributed by atoms with Crippen LogP contribution in [0, 0.1) is 5.92 Å². The molecule has 4 rings (SSSR count). The van der Waals surface area contributed by atoms with Gasteiger partial charge in [0.2, 0.25) is 4.96 Å².